The predicted molar refractivity (Wildman–Crippen MR) is 307 cm³/mol. The molecule has 1 aliphatic carbocycles. The van der Waals surface area contributed by atoms with Crippen molar-refractivity contribution in [2.24, 2.45) is 10.8 Å². The van der Waals surface area contributed by atoms with E-state index in [-0.39, 0.29) is 64.0 Å². The monoisotopic (exact) mass is 1100 g/mol. The lowest BCUT2D eigenvalue weighted by Gasteiger charge is -2.33. The van der Waals surface area contributed by atoms with Crippen molar-refractivity contribution in [2.45, 2.75) is 105 Å². The summed E-state index contributed by atoms with van der Waals surface area (Å²) in [5.74, 6) is 0.970. The lowest BCUT2D eigenvalue weighted by atomic mass is 9.95. The third kappa shape index (κ3) is 13.4. The van der Waals surface area contributed by atoms with E-state index >= 15 is 0 Å². The largest absolute Gasteiger partial charge is 0.383 e. The Morgan fingerprint density at radius 3 is 1.48 bits per heavy atom. The molecule has 24 nitrogen and oxygen atoms in total. The van der Waals surface area contributed by atoms with Gasteiger partial charge in [-0.25, -0.2) is 48.6 Å². The summed E-state index contributed by atoms with van der Waals surface area (Å²) in [5, 5.41) is 26.0. The zero-order valence-corrected chi connectivity index (χ0v) is 46.3. The second kappa shape index (κ2) is 23.3. The molecule has 0 radical (unpaired) electrons. The van der Waals surface area contributed by atoms with E-state index in [0.29, 0.717) is 88.4 Å². The number of aryl methyl sites for hydroxylation is 1. The molecule has 7 heterocycles. The summed E-state index contributed by atoms with van der Waals surface area (Å²) in [6, 6.07) is 15.5. The SMILES string of the molecule is [C-]#[N+]/C(=C\C(C)(C)C)C(=O)N1CCC[C@@H](n2nc(-c3ccc(NC(=O)NC4CC4)cc3)c3c(N)ncnc32)C1.[C-]#[N+]/C(=C\C(C)(C)C)C(=O)N1CCC[C@@H](n2nc(-c3ccc(NC(=O)Nc4cc(C)on4)cc3)c3c(N)ncnc32)C1. The number of fused-ring (bicyclic) bond motifs is 2. The van der Waals surface area contributed by atoms with E-state index in [0.717, 1.165) is 49.7 Å². The minimum absolute atomic E-state index is 0.124. The van der Waals surface area contributed by atoms with Crippen LogP contribution in [0.25, 0.3) is 54.3 Å². The van der Waals surface area contributed by atoms with E-state index in [1.807, 2.05) is 87.3 Å². The summed E-state index contributed by atoms with van der Waals surface area (Å²) in [6.45, 7) is 30.6. The van der Waals surface area contributed by atoms with Gasteiger partial charge in [0.2, 0.25) is 11.4 Å². The first-order valence-electron chi connectivity index (χ1n) is 26.7. The van der Waals surface area contributed by atoms with Gasteiger partial charge < -0.3 is 41.7 Å². The Morgan fingerprint density at radius 2 is 1.09 bits per heavy atom. The van der Waals surface area contributed by atoms with E-state index in [1.165, 1.54) is 12.7 Å². The van der Waals surface area contributed by atoms with Crippen LogP contribution in [0.1, 0.15) is 97.9 Å². The number of urea groups is 2. The third-order valence-electron chi connectivity index (χ3n) is 13.5. The molecule has 0 unspecified atom stereocenters. The molecule has 2 aliphatic heterocycles. The van der Waals surface area contributed by atoms with Gasteiger partial charge in [-0.15, -0.1) is 0 Å². The highest BCUT2D eigenvalue weighted by Gasteiger charge is 2.33. The number of amides is 6. The van der Waals surface area contributed by atoms with Crippen LogP contribution in [0.5, 0.6) is 0 Å². The zero-order valence-electron chi connectivity index (χ0n) is 46.3. The number of hydrogen-bond donors (Lipinski definition) is 6. The highest BCUT2D eigenvalue weighted by molar-refractivity contribution is 6.02. The zero-order chi connectivity index (χ0) is 57.8. The van der Waals surface area contributed by atoms with Crippen molar-refractivity contribution in [3.05, 3.63) is 119 Å². The second-order valence-electron chi connectivity index (χ2n) is 22.5. The molecule has 0 spiro atoms. The quantitative estimate of drug-likeness (QED) is 0.0549. The van der Waals surface area contributed by atoms with Crippen molar-refractivity contribution in [2.75, 3.05) is 53.6 Å². The van der Waals surface area contributed by atoms with Gasteiger partial charge in [0.15, 0.2) is 17.1 Å². The van der Waals surface area contributed by atoms with Crippen molar-refractivity contribution < 1.29 is 23.7 Å². The number of nitrogens with two attached hydrogens (primary N) is 2. The molecule has 24 heteroatoms. The molecule has 81 heavy (non-hydrogen) atoms. The topological polar surface area (TPSA) is 297 Å². The Morgan fingerprint density at radius 1 is 0.642 bits per heavy atom. The highest BCUT2D eigenvalue weighted by atomic mass is 16.5. The smallest absolute Gasteiger partial charge is 0.324 e. The number of aromatic nitrogens is 9. The van der Waals surface area contributed by atoms with Crippen molar-refractivity contribution >= 4 is 74.8 Å². The molecule has 7 aromatic rings. The van der Waals surface area contributed by atoms with Gasteiger partial charge in [0, 0.05) is 60.8 Å². The molecule has 2 aromatic carbocycles. The van der Waals surface area contributed by atoms with Gasteiger partial charge in [-0.3, -0.25) is 14.9 Å². The van der Waals surface area contributed by atoms with Crippen molar-refractivity contribution in [1.82, 2.24) is 59.8 Å². The van der Waals surface area contributed by atoms with E-state index in [2.05, 4.69) is 56.0 Å². The molecule has 3 fully saturated rings. The van der Waals surface area contributed by atoms with Crippen LogP contribution in [0.4, 0.5) is 38.4 Å². The Hall–Kier alpha value is -9.71. The number of carbonyl (C=O) groups is 4. The Balaban J connectivity index is 0.000000196. The summed E-state index contributed by atoms with van der Waals surface area (Å²) in [4.78, 5) is 78.8. The molecule has 3 aliphatic rings. The number of nitrogen functional groups attached to an aromatic ring is 2. The van der Waals surface area contributed by atoms with Crippen LogP contribution in [0.15, 0.2) is 95.3 Å². The summed E-state index contributed by atoms with van der Waals surface area (Å²) in [7, 11) is 0. The Bertz CT molecular complexity index is 3660. The molecule has 5 aromatic heterocycles. The van der Waals surface area contributed by atoms with Gasteiger partial charge in [0.1, 0.15) is 41.4 Å². The van der Waals surface area contributed by atoms with Crippen LogP contribution in [0, 0.1) is 30.9 Å². The fourth-order valence-corrected chi connectivity index (χ4v) is 9.72. The summed E-state index contributed by atoms with van der Waals surface area (Å²) >= 11 is 0. The Labute approximate surface area is 468 Å². The van der Waals surface area contributed by atoms with E-state index in [9.17, 15) is 19.2 Å². The van der Waals surface area contributed by atoms with E-state index in [1.54, 1.807) is 47.1 Å². The first-order chi connectivity index (χ1) is 38.6. The minimum Gasteiger partial charge on any atom is -0.383 e. The fraction of sp³-hybridized carbons (Fsp3) is 0.386. The maximum atomic E-state index is 13.3. The van der Waals surface area contributed by atoms with Crippen LogP contribution in [0.3, 0.4) is 0 Å². The van der Waals surface area contributed by atoms with Crippen molar-refractivity contribution in [3.8, 4) is 22.5 Å². The van der Waals surface area contributed by atoms with E-state index in [4.69, 9.17) is 39.3 Å². The molecule has 10 rings (SSSR count). The van der Waals surface area contributed by atoms with Crippen molar-refractivity contribution in [3.63, 3.8) is 0 Å². The van der Waals surface area contributed by atoms with Crippen molar-refractivity contribution in [1.29, 1.82) is 0 Å². The molecule has 6 amide bonds. The van der Waals surface area contributed by atoms with Gasteiger partial charge in [-0.1, -0.05) is 83.1 Å². The number of nitrogens with one attached hydrogen (secondary N) is 4. The fourth-order valence-electron chi connectivity index (χ4n) is 9.72. The van der Waals surface area contributed by atoms with Crippen LogP contribution >= 0.6 is 0 Å². The van der Waals surface area contributed by atoms with Crippen LogP contribution in [0.2, 0.25) is 0 Å². The second-order valence-corrected chi connectivity index (χ2v) is 22.5. The van der Waals surface area contributed by atoms with Crippen LogP contribution in [-0.2, 0) is 9.59 Å². The van der Waals surface area contributed by atoms with Gasteiger partial charge >= 0.3 is 12.1 Å². The molecule has 418 valence electrons. The molecule has 2 saturated heterocycles. The first-order valence-corrected chi connectivity index (χ1v) is 26.7. The molecular weight excluding hydrogens is 1030 g/mol. The lowest BCUT2D eigenvalue weighted by Crippen LogP contribution is -2.41. The number of piperidine rings is 2. The molecule has 1 saturated carbocycles. The third-order valence-corrected chi connectivity index (χ3v) is 13.5. The molecule has 2 atom stereocenters. The minimum atomic E-state index is -0.460. The number of allylic oxidation sites excluding steroid dienone is 2. The normalized spacial score (nSPS) is 16.9. The maximum Gasteiger partial charge on any atom is 0.324 e. The number of benzene rings is 2. The van der Waals surface area contributed by atoms with Gasteiger partial charge in [-0.2, -0.15) is 10.2 Å². The number of rotatable bonds is 10. The first kappa shape index (κ1) is 56.0. The van der Waals surface area contributed by atoms with Crippen LogP contribution in [-0.4, -0.2) is 111 Å². The predicted octanol–water partition coefficient (Wildman–Crippen LogP) is 9.40. The number of likely N-dealkylation sites (tertiary alicyclic amines) is 2. The van der Waals surface area contributed by atoms with E-state index < -0.39 is 6.03 Å². The average Bonchev–Trinajstić information content (AvgIpc) is 4.08. The lowest BCUT2D eigenvalue weighted by molar-refractivity contribution is -0.129. The van der Waals surface area contributed by atoms with Gasteiger partial charge in [0.05, 0.1) is 36.0 Å². The molecule has 8 N–H and O–H groups in total. The molecule has 0 bridgehead atoms. The maximum absolute atomic E-state index is 13.3. The average molecular weight is 1100 g/mol. The van der Waals surface area contributed by atoms with Gasteiger partial charge in [0.25, 0.3) is 11.8 Å². The standard InChI is InChI=1S/C29H32N10O3.C28H33N9O2/c1-17-13-22(37-42-17)35-28(41)34-19-10-8-18(9-11-19)24-23-25(30)32-16-33-26(23)39(36-24)20-7-6-12-38(15-20)27(40)21(31-5)14-29(2,3)4;1-28(2,3)14-21(30-4)26(38)36-13-5-6-20(15-36)37-25-22(24(29)31-16-32-25)23(35-37)17-7-9-18(10-8-17)33-27(39)34-19-11-12-19/h8-11,13-14,16,20H,6-7,12,15H2,1-4H3,(H2,30,32,33)(H2,34,35,37,41);7-10,14,16,19-20H,5-6,11-13,15H2,1-3H3,(H2,29,31,32)(H2,33,34,39)/b2*21-14-/t2*20-/m11/s1. The van der Waals surface area contributed by atoms with Crippen LogP contribution < -0.4 is 32.7 Å². The molecular formula is C57H65N19O5. The summed E-state index contributed by atoms with van der Waals surface area (Å²) in [5.41, 5.74) is 17.5. The number of anilines is 5. The summed E-state index contributed by atoms with van der Waals surface area (Å²) < 4.78 is 8.61. The van der Waals surface area contributed by atoms with Gasteiger partial charge in [-0.05, 0) is 80.5 Å². The highest BCUT2D eigenvalue weighted by Crippen LogP contribution is 2.37. The number of carbonyl (C=O) groups excluding carboxylic acids is 4. The number of hydrogen-bond acceptors (Lipinski definition) is 14. The number of nitrogens with zero attached hydrogens (tertiary/aromatic N) is 13. The Kier molecular flexibility index (Phi) is 16.1. The summed E-state index contributed by atoms with van der Waals surface area (Å²) in [6.07, 6.45) is 11.4.